The van der Waals surface area contributed by atoms with Gasteiger partial charge in [-0.1, -0.05) is 60.2 Å². The fourth-order valence-electron chi connectivity index (χ4n) is 3.30. The Balaban J connectivity index is 1.79. The number of amides is 1. The van der Waals surface area contributed by atoms with Crippen molar-refractivity contribution in [3.05, 3.63) is 95.6 Å². The van der Waals surface area contributed by atoms with Crippen LogP contribution in [-0.2, 0) is 21.4 Å². The molecule has 168 valence electrons. The van der Waals surface area contributed by atoms with Gasteiger partial charge in [0.15, 0.2) is 0 Å². The van der Waals surface area contributed by atoms with Gasteiger partial charge in [-0.25, -0.2) is 8.42 Å². The normalized spacial score (nSPS) is 12.4. The second kappa shape index (κ2) is 10.4. The molecule has 7 heteroatoms. The Kier molecular flexibility index (Phi) is 7.66. The van der Waals surface area contributed by atoms with E-state index in [1.54, 1.807) is 31.4 Å². The summed E-state index contributed by atoms with van der Waals surface area (Å²) in [5, 5.41) is 2.90. The monoisotopic (exact) mass is 452 g/mol. The zero-order valence-electron chi connectivity index (χ0n) is 18.5. The van der Waals surface area contributed by atoms with E-state index in [9.17, 15) is 13.2 Å². The molecular formula is C25H28N2O4S. The Labute approximate surface area is 189 Å². The van der Waals surface area contributed by atoms with Gasteiger partial charge in [-0.05, 0) is 49.2 Å². The van der Waals surface area contributed by atoms with Crippen molar-refractivity contribution in [2.24, 2.45) is 0 Å². The average Bonchev–Trinajstić information content (AvgIpc) is 2.79. The van der Waals surface area contributed by atoms with E-state index in [-0.39, 0.29) is 29.9 Å². The van der Waals surface area contributed by atoms with E-state index in [1.807, 2.05) is 68.4 Å². The summed E-state index contributed by atoms with van der Waals surface area (Å²) in [6, 6.07) is 23.0. The maximum atomic E-state index is 13.3. The fraction of sp³-hybridized carbons (Fsp3) is 0.240. The van der Waals surface area contributed by atoms with Gasteiger partial charge >= 0.3 is 0 Å². The molecule has 0 aromatic heterocycles. The van der Waals surface area contributed by atoms with Crippen LogP contribution in [0.4, 0.5) is 0 Å². The summed E-state index contributed by atoms with van der Waals surface area (Å²) in [6.45, 7) is 3.56. The first-order chi connectivity index (χ1) is 15.3. The standard InChI is InChI=1S/C25H28N2O4S/c1-19-9-15-24(16-10-19)32(29,30)27(17-21-7-5-4-6-8-21)18-25(28)26-20(2)22-11-13-23(31-3)14-12-22/h4-16,20H,17-18H2,1-3H3,(H,26,28). The van der Waals surface area contributed by atoms with Crippen molar-refractivity contribution in [2.75, 3.05) is 13.7 Å². The van der Waals surface area contributed by atoms with E-state index in [4.69, 9.17) is 4.74 Å². The molecule has 0 aliphatic rings. The maximum Gasteiger partial charge on any atom is 0.243 e. The van der Waals surface area contributed by atoms with Crippen molar-refractivity contribution >= 4 is 15.9 Å². The zero-order valence-corrected chi connectivity index (χ0v) is 19.3. The largest absolute Gasteiger partial charge is 0.497 e. The van der Waals surface area contributed by atoms with Gasteiger partial charge in [-0.15, -0.1) is 0 Å². The van der Waals surface area contributed by atoms with Crippen LogP contribution in [0, 0.1) is 6.92 Å². The highest BCUT2D eigenvalue weighted by Crippen LogP contribution is 2.20. The van der Waals surface area contributed by atoms with Gasteiger partial charge in [0.25, 0.3) is 0 Å². The number of rotatable bonds is 9. The van der Waals surface area contributed by atoms with E-state index >= 15 is 0 Å². The highest BCUT2D eigenvalue weighted by atomic mass is 32.2. The molecule has 0 saturated carbocycles. The van der Waals surface area contributed by atoms with Gasteiger partial charge in [-0.3, -0.25) is 4.79 Å². The minimum Gasteiger partial charge on any atom is -0.497 e. The molecule has 3 rings (SSSR count). The summed E-state index contributed by atoms with van der Waals surface area (Å²) in [7, 11) is -2.27. The fourth-order valence-corrected chi connectivity index (χ4v) is 4.68. The van der Waals surface area contributed by atoms with Crippen molar-refractivity contribution in [3.63, 3.8) is 0 Å². The number of benzene rings is 3. The number of hydrogen-bond donors (Lipinski definition) is 1. The average molecular weight is 453 g/mol. The number of nitrogens with one attached hydrogen (secondary N) is 1. The van der Waals surface area contributed by atoms with Crippen LogP contribution in [0.1, 0.15) is 29.7 Å². The Bertz CT molecular complexity index is 1130. The minimum atomic E-state index is -3.86. The molecule has 0 heterocycles. The summed E-state index contributed by atoms with van der Waals surface area (Å²) in [6.07, 6.45) is 0. The van der Waals surface area contributed by atoms with Crippen LogP contribution in [0.25, 0.3) is 0 Å². The first kappa shape index (κ1) is 23.5. The van der Waals surface area contributed by atoms with Gasteiger partial charge in [-0.2, -0.15) is 4.31 Å². The molecule has 3 aromatic carbocycles. The third-order valence-electron chi connectivity index (χ3n) is 5.17. The molecule has 0 saturated heterocycles. The number of aryl methyl sites for hydroxylation is 1. The van der Waals surface area contributed by atoms with Crippen molar-refractivity contribution in [1.29, 1.82) is 0 Å². The Morgan fingerprint density at radius 2 is 1.59 bits per heavy atom. The lowest BCUT2D eigenvalue weighted by atomic mass is 10.1. The molecule has 6 nitrogen and oxygen atoms in total. The number of nitrogens with zero attached hydrogens (tertiary/aromatic N) is 1. The predicted molar refractivity (Wildman–Crippen MR) is 125 cm³/mol. The second-order valence-electron chi connectivity index (χ2n) is 7.63. The summed E-state index contributed by atoms with van der Waals surface area (Å²) in [5.41, 5.74) is 2.67. The van der Waals surface area contributed by atoms with Gasteiger partial charge in [0.2, 0.25) is 15.9 Å². The first-order valence-electron chi connectivity index (χ1n) is 10.3. The highest BCUT2D eigenvalue weighted by molar-refractivity contribution is 7.89. The smallest absolute Gasteiger partial charge is 0.243 e. The molecule has 0 aliphatic heterocycles. The zero-order chi connectivity index (χ0) is 23.1. The van der Waals surface area contributed by atoms with Crippen LogP contribution in [0.2, 0.25) is 0 Å². The van der Waals surface area contributed by atoms with Crippen molar-refractivity contribution in [3.8, 4) is 5.75 Å². The van der Waals surface area contributed by atoms with E-state index in [1.165, 1.54) is 4.31 Å². The van der Waals surface area contributed by atoms with Gasteiger partial charge < -0.3 is 10.1 Å². The Hall–Kier alpha value is -3.16. The molecule has 1 N–H and O–H groups in total. The summed E-state index contributed by atoms with van der Waals surface area (Å²) in [4.78, 5) is 13.0. The molecule has 3 aromatic rings. The lowest BCUT2D eigenvalue weighted by molar-refractivity contribution is -0.122. The van der Waals surface area contributed by atoms with E-state index < -0.39 is 10.0 Å². The second-order valence-corrected chi connectivity index (χ2v) is 9.57. The Morgan fingerprint density at radius 1 is 0.969 bits per heavy atom. The van der Waals surface area contributed by atoms with Crippen LogP contribution in [0.3, 0.4) is 0 Å². The topological polar surface area (TPSA) is 75.7 Å². The number of methoxy groups -OCH3 is 1. The van der Waals surface area contributed by atoms with E-state index in [0.717, 1.165) is 22.4 Å². The van der Waals surface area contributed by atoms with Crippen LogP contribution < -0.4 is 10.1 Å². The number of sulfonamides is 1. The highest BCUT2D eigenvalue weighted by Gasteiger charge is 2.27. The minimum absolute atomic E-state index is 0.0986. The molecule has 0 radical (unpaired) electrons. The quantitative estimate of drug-likeness (QED) is 0.531. The lowest BCUT2D eigenvalue weighted by Crippen LogP contribution is -2.41. The summed E-state index contributed by atoms with van der Waals surface area (Å²) in [5.74, 6) is 0.352. The third-order valence-corrected chi connectivity index (χ3v) is 6.98. The number of ether oxygens (including phenoxy) is 1. The molecule has 0 fully saturated rings. The van der Waals surface area contributed by atoms with E-state index in [2.05, 4.69) is 5.32 Å². The summed E-state index contributed by atoms with van der Waals surface area (Å²) >= 11 is 0. The van der Waals surface area contributed by atoms with Crippen molar-refractivity contribution < 1.29 is 17.9 Å². The molecule has 1 atom stereocenters. The van der Waals surface area contributed by atoms with Crippen LogP contribution >= 0.6 is 0 Å². The molecule has 0 aliphatic carbocycles. The predicted octanol–water partition coefficient (Wildman–Crippen LogP) is 4.07. The molecule has 0 bridgehead atoms. The maximum absolute atomic E-state index is 13.3. The molecule has 1 amide bonds. The van der Waals surface area contributed by atoms with Crippen molar-refractivity contribution in [2.45, 2.75) is 31.3 Å². The first-order valence-corrected chi connectivity index (χ1v) is 11.8. The van der Waals surface area contributed by atoms with Crippen LogP contribution in [0.15, 0.2) is 83.8 Å². The Morgan fingerprint density at radius 3 is 2.19 bits per heavy atom. The molecular weight excluding hydrogens is 424 g/mol. The van der Waals surface area contributed by atoms with Crippen LogP contribution in [-0.4, -0.2) is 32.3 Å². The molecule has 0 spiro atoms. The lowest BCUT2D eigenvalue weighted by Gasteiger charge is -2.23. The van der Waals surface area contributed by atoms with Crippen molar-refractivity contribution in [1.82, 2.24) is 9.62 Å². The number of hydrogen-bond acceptors (Lipinski definition) is 4. The van der Waals surface area contributed by atoms with E-state index in [0.29, 0.717) is 0 Å². The van der Waals surface area contributed by atoms with Gasteiger partial charge in [0.1, 0.15) is 5.75 Å². The molecule has 32 heavy (non-hydrogen) atoms. The summed E-state index contributed by atoms with van der Waals surface area (Å²) < 4.78 is 33.1. The molecule has 1 unspecified atom stereocenters. The SMILES string of the molecule is COc1ccc(C(C)NC(=O)CN(Cc2ccccc2)S(=O)(=O)c2ccc(C)cc2)cc1. The number of carbonyl (C=O) groups is 1. The van der Waals surface area contributed by atoms with Gasteiger partial charge in [0.05, 0.1) is 24.6 Å². The number of carbonyl (C=O) groups excluding carboxylic acids is 1. The third kappa shape index (κ3) is 5.96. The van der Waals surface area contributed by atoms with Gasteiger partial charge in [0, 0.05) is 6.54 Å². The van der Waals surface area contributed by atoms with Crippen LogP contribution in [0.5, 0.6) is 5.75 Å².